The van der Waals surface area contributed by atoms with E-state index in [-0.39, 0.29) is 0 Å². The van der Waals surface area contributed by atoms with Crippen molar-refractivity contribution in [1.82, 2.24) is 9.97 Å². The van der Waals surface area contributed by atoms with Crippen molar-refractivity contribution in [2.75, 3.05) is 17.6 Å². The summed E-state index contributed by atoms with van der Waals surface area (Å²) in [5.74, 6) is 2.31. The van der Waals surface area contributed by atoms with Crippen LogP contribution in [0.2, 0.25) is 0 Å². The fourth-order valence-electron chi connectivity index (χ4n) is 2.27. The number of aromatic nitrogens is 2. The van der Waals surface area contributed by atoms with Crippen LogP contribution in [0.4, 0.5) is 5.82 Å². The second kappa shape index (κ2) is 5.45. The summed E-state index contributed by atoms with van der Waals surface area (Å²) in [7, 11) is 0. The van der Waals surface area contributed by atoms with Gasteiger partial charge in [-0.2, -0.15) is 11.8 Å². The van der Waals surface area contributed by atoms with Crippen molar-refractivity contribution < 1.29 is 0 Å². The highest BCUT2D eigenvalue weighted by atomic mass is 32.2. The summed E-state index contributed by atoms with van der Waals surface area (Å²) in [5, 5.41) is 6.40. The molecule has 2 aromatic heterocycles. The lowest BCUT2D eigenvalue weighted by atomic mass is 10.2. The number of nitrogens with zero attached hydrogens (tertiary/aromatic N) is 2. The maximum atomic E-state index is 4.38. The minimum Gasteiger partial charge on any atom is -0.368 e. The fraction of sp³-hybridized carbons (Fsp3) is 0.538. The van der Waals surface area contributed by atoms with Crippen molar-refractivity contribution in [3.63, 3.8) is 0 Å². The van der Waals surface area contributed by atoms with Crippen LogP contribution in [0.5, 0.6) is 0 Å². The number of hydrogen-bond acceptors (Lipinski definition) is 5. The third kappa shape index (κ3) is 2.47. The Kier molecular flexibility index (Phi) is 3.70. The Morgan fingerprint density at radius 2 is 2.33 bits per heavy atom. The fourth-order valence-corrected chi connectivity index (χ4v) is 4.48. The highest BCUT2D eigenvalue weighted by Crippen LogP contribution is 2.30. The van der Waals surface area contributed by atoms with Gasteiger partial charge >= 0.3 is 0 Å². The van der Waals surface area contributed by atoms with Gasteiger partial charge in [-0.3, -0.25) is 0 Å². The Hall–Kier alpha value is -0.810. The Morgan fingerprint density at radius 3 is 3.17 bits per heavy atom. The number of hydrogen-bond donors (Lipinski definition) is 1. The number of thiophene rings is 1. The van der Waals surface area contributed by atoms with Crippen molar-refractivity contribution in [1.29, 1.82) is 0 Å². The van der Waals surface area contributed by atoms with Crippen LogP contribution in [-0.2, 0) is 0 Å². The zero-order valence-electron chi connectivity index (χ0n) is 10.5. The molecule has 1 atom stereocenters. The summed E-state index contributed by atoms with van der Waals surface area (Å²) in [4.78, 5) is 8.73. The van der Waals surface area contributed by atoms with E-state index in [9.17, 15) is 0 Å². The molecule has 0 radical (unpaired) electrons. The van der Waals surface area contributed by atoms with Crippen molar-refractivity contribution in [2.24, 2.45) is 0 Å². The van der Waals surface area contributed by atoms with Gasteiger partial charge in [-0.05, 0) is 36.5 Å². The molecule has 2 aromatic rings. The minimum absolute atomic E-state index is 0.741. The molecule has 1 saturated heterocycles. The van der Waals surface area contributed by atoms with Crippen LogP contribution in [0, 0.1) is 6.92 Å². The molecule has 18 heavy (non-hydrogen) atoms. The Bertz CT molecular complexity index is 532. The van der Waals surface area contributed by atoms with E-state index in [0.29, 0.717) is 0 Å². The first-order chi connectivity index (χ1) is 8.84. The van der Waals surface area contributed by atoms with Crippen LogP contribution in [0.1, 0.15) is 24.8 Å². The summed E-state index contributed by atoms with van der Waals surface area (Å²) in [6, 6.07) is 0. The van der Waals surface area contributed by atoms with Crippen molar-refractivity contribution in [2.45, 2.75) is 31.4 Å². The largest absolute Gasteiger partial charge is 0.368 e. The van der Waals surface area contributed by atoms with Gasteiger partial charge in [0.1, 0.15) is 12.1 Å². The Balaban J connectivity index is 1.74. The van der Waals surface area contributed by atoms with E-state index in [1.54, 1.807) is 17.7 Å². The SMILES string of the molecule is Cc1csc2c(NCC3CCCCS3)ncnc12. The van der Waals surface area contributed by atoms with Gasteiger partial charge in [0, 0.05) is 11.8 Å². The molecule has 96 valence electrons. The summed E-state index contributed by atoms with van der Waals surface area (Å²) in [6.07, 6.45) is 5.74. The lowest BCUT2D eigenvalue weighted by Gasteiger charge is -2.21. The molecule has 1 aliphatic heterocycles. The van der Waals surface area contributed by atoms with Gasteiger partial charge in [0.2, 0.25) is 0 Å². The van der Waals surface area contributed by atoms with E-state index in [1.165, 1.54) is 35.3 Å². The van der Waals surface area contributed by atoms with E-state index in [1.807, 2.05) is 0 Å². The zero-order valence-corrected chi connectivity index (χ0v) is 12.1. The molecule has 0 aliphatic carbocycles. The molecule has 0 amide bonds. The van der Waals surface area contributed by atoms with E-state index < -0.39 is 0 Å². The van der Waals surface area contributed by atoms with Gasteiger partial charge in [-0.25, -0.2) is 9.97 Å². The average Bonchev–Trinajstić information content (AvgIpc) is 2.80. The molecule has 1 unspecified atom stereocenters. The third-order valence-electron chi connectivity index (χ3n) is 3.30. The number of rotatable bonds is 3. The summed E-state index contributed by atoms with van der Waals surface area (Å²) in [5.41, 5.74) is 2.33. The minimum atomic E-state index is 0.741. The normalized spacial score (nSPS) is 20.2. The standard InChI is InChI=1S/C13H17N3S2/c1-9-7-18-12-11(9)15-8-16-13(12)14-6-10-4-2-3-5-17-10/h7-8,10H,2-6H2,1H3,(H,14,15,16). The molecule has 3 nitrogen and oxygen atoms in total. The van der Waals surface area contributed by atoms with Gasteiger partial charge < -0.3 is 5.32 Å². The van der Waals surface area contributed by atoms with E-state index >= 15 is 0 Å². The van der Waals surface area contributed by atoms with Gasteiger partial charge in [0.05, 0.1) is 10.2 Å². The first-order valence-electron chi connectivity index (χ1n) is 6.39. The molecule has 0 spiro atoms. The van der Waals surface area contributed by atoms with Gasteiger partial charge in [0.25, 0.3) is 0 Å². The highest BCUT2D eigenvalue weighted by molar-refractivity contribution is 7.99. The van der Waals surface area contributed by atoms with E-state index in [0.717, 1.165) is 23.1 Å². The zero-order chi connectivity index (χ0) is 12.4. The smallest absolute Gasteiger partial charge is 0.147 e. The number of aryl methyl sites for hydroxylation is 1. The molecule has 3 rings (SSSR count). The molecule has 5 heteroatoms. The molecule has 0 aromatic carbocycles. The molecular weight excluding hydrogens is 262 g/mol. The first-order valence-corrected chi connectivity index (χ1v) is 8.31. The highest BCUT2D eigenvalue weighted by Gasteiger charge is 2.15. The molecule has 1 aliphatic rings. The second-order valence-corrected chi connectivity index (χ2v) is 6.98. The molecule has 0 bridgehead atoms. The lowest BCUT2D eigenvalue weighted by molar-refractivity contribution is 0.677. The van der Waals surface area contributed by atoms with Crippen LogP contribution >= 0.6 is 23.1 Å². The van der Waals surface area contributed by atoms with Gasteiger partial charge in [-0.15, -0.1) is 11.3 Å². The Morgan fingerprint density at radius 1 is 1.39 bits per heavy atom. The summed E-state index contributed by atoms with van der Waals surface area (Å²) >= 11 is 3.82. The maximum Gasteiger partial charge on any atom is 0.147 e. The van der Waals surface area contributed by atoms with Crippen LogP contribution in [0.3, 0.4) is 0 Å². The average molecular weight is 279 g/mol. The lowest BCUT2D eigenvalue weighted by Crippen LogP contribution is -2.20. The molecule has 3 heterocycles. The van der Waals surface area contributed by atoms with Crippen LogP contribution in [0.25, 0.3) is 10.2 Å². The third-order valence-corrected chi connectivity index (χ3v) is 5.79. The number of fused-ring (bicyclic) bond motifs is 1. The van der Waals surface area contributed by atoms with Crippen LogP contribution in [0.15, 0.2) is 11.7 Å². The van der Waals surface area contributed by atoms with Crippen molar-refractivity contribution >= 4 is 39.1 Å². The van der Waals surface area contributed by atoms with Crippen molar-refractivity contribution in [3.05, 3.63) is 17.3 Å². The molecule has 1 N–H and O–H groups in total. The summed E-state index contributed by atoms with van der Waals surface area (Å²) < 4.78 is 1.19. The van der Waals surface area contributed by atoms with Crippen LogP contribution in [-0.4, -0.2) is 27.5 Å². The van der Waals surface area contributed by atoms with Crippen molar-refractivity contribution in [3.8, 4) is 0 Å². The monoisotopic (exact) mass is 279 g/mol. The summed E-state index contributed by atoms with van der Waals surface area (Å²) in [6.45, 7) is 3.13. The first kappa shape index (κ1) is 12.2. The predicted molar refractivity (Wildman–Crippen MR) is 80.7 cm³/mol. The second-order valence-electron chi connectivity index (χ2n) is 4.69. The van der Waals surface area contributed by atoms with Gasteiger partial charge in [0.15, 0.2) is 0 Å². The molecule has 1 fully saturated rings. The van der Waals surface area contributed by atoms with E-state index in [2.05, 4.69) is 39.4 Å². The number of anilines is 1. The quantitative estimate of drug-likeness (QED) is 0.929. The molecule has 0 saturated carbocycles. The maximum absolute atomic E-state index is 4.38. The van der Waals surface area contributed by atoms with E-state index in [4.69, 9.17) is 0 Å². The molecular formula is C13H17N3S2. The number of nitrogens with one attached hydrogen (secondary N) is 1. The van der Waals surface area contributed by atoms with Crippen LogP contribution < -0.4 is 5.32 Å². The predicted octanol–water partition coefficient (Wildman–Crippen LogP) is 3.70. The Labute approximate surface area is 115 Å². The topological polar surface area (TPSA) is 37.8 Å². The van der Waals surface area contributed by atoms with Gasteiger partial charge in [-0.1, -0.05) is 6.42 Å². The number of thioether (sulfide) groups is 1.